The molecule has 17 heavy (non-hydrogen) atoms. The molecule has 0 aliphatic rings. The Morgan fingerprint density at radius 2 is 1.88 bits per heavy atom. The third kappa shape index (κ3) is 4.99. The Bertz CT molecular complexity index is 389. The quantitative estimate of drug-likeness (QED) is 0.578. The number of rotatable bonds is 6. The molecule has 0 aliphatic carbocycles. The van der Waals surface area contributed by atoms with E-state index < -0.39 is 0 Å². The Kier molecular flexibility index (Phi) is 5.69. The molecule has 1 rings (SSSR count). The lowest BCUT2D eigenvalue weighted by molar-refractivity contribution is -0.139. The molecule has 3 nitrogen and oxygen atoms in total. The summed E-state index contributed by atoms with van der Waals surface area (Å²) in [6.45, 7) is 2.07. The molecule has 0 bridgehead atoms. The summed E-state index contributed by atoms with van der Waals surface area (Å²) >= 11 is 1.19. The van der Waals surface area contributed by atoms with E-state index in [1.807, 2.05) is 0 Å². The summed E-state index contributed by atoms with van der Waals surface area (Å²) in [6.07, 6.45) is 0. The standard InChI is InChI=1S/C12H13FO3S/c1-2-16-12(15)8-17-7-11(14)9-3-5-10(13)6-4-9/h3-6H,2,7-8H2,1H3. The Balaban J connectivity index is 2.35. The summed E-state index contributed by atoms with van der Waals surface area (Å²) in [6, 6.07) is 5.34. The SMILES string of the molecule is CCOC(=O)CSCC(=O)c1ccc(F)cc1. The first-order chi connectivity index (χ1) is 8.13. The Morgan fingerprint density at radius 1 is 1.24 bits per heavy atom. The number of halogens is 1. The number of ketones is 1. The first-order valence-electron chi connectivity index (χ1n) is 5.15. The van der Waals surface area contributed by atoms with Crippen LogP contribution in [0.2, 0.25) is 0 Å². The molecule has 0 atom stereocenters. The van der Waals surface area contributed by atoms with Crippen molar-refractivity contribution in [2.75, 3.05) is 18.1 Å². The van der Waals surface area contributed by atoms with Gasteiger partial charge in [-0.1, -0.05) is 0 Å². The minimum absolute atomic E-state index is 0.126. The van der Waals surface area contributed by atoms with Crippen LogP contribution in [0.5, 0.6) is 0 Å². The smallest absolute Gasteiger partial charge is 0.315 e. The fourth-order valence-corrected chi connectivity index (χ4v) is 1.85. The van der Waals surface area contributed by atoms with Gasteiger partial charge in [0.1, 0.15) is 5.82 Å². The Hall–Kier alpha value is -1.36. The van der Waals surface area contributed by atoms with Crippen LogP contribution in [0.15, 0.2) is 24.3 Å². The molecule has 0 fully saturated rings. The van der Waals surface area contributed by atoms with Crippen molar-refractivity contribution in [3.05, 3.63) is 35.6 Å². The van der Waals surface area contributed by atoms with E-state index >= 15 is 0 Å². The highest BCUT2D eigenvalue weighted by Gasteiger charge is 2.08. The van der Waals surface area contributed by atoms with Gasteiger partial charge >= 0.3 is 5.97 Å². The first-order valence-corrected chi connectivity index (χ1v) is 6.31. The molecule has 0 radical (unpaired) electrons. The number of Topliss-reactive ketones (excluding diaryl/α,β-unsaturated/α-hetero) is 1. The normalized spacial score (nSPS) is 10.0. The molecule has 0 spiro atoms. The van der Waals surface area contributed by atoms with Gasteiger partial charge in [-0.15, -0.1) is 11.8 Å². The molecule has 0 heterocycles. The van der Waals surface area contributed by atoms with Crippen LogP contribution in [0.25, 0.3) is 0 Å². The molecule has 5 heteroatoms. The number of carbonyl (C=O) groups is 2. The summed E-state index contributed by atoms with van der Waals surface area (Å²) in [5.74, 6) is -0.491. The third-order valence-electron chi connectivity index (χ3n) is 1.92. The minimum Gasteiger partial charge on any atom is -0.465 e. The number of thioether (sulfide) groups is 1. The number of hydrogen-bond acceptors (Lipinski definition) is 4. The molecule has 1 aromatic carbocycles. The van der Waals surface area contributed by atoms with E-state index in [1.165, 1.54) is 36.0 Å². The lowest BCUT2D eigenvalue weighted by Gasteiger charge is -2.02. The van der Waals surface area contributed by atoms with Crippen molar-refractivity contribution >= 4 is 23.5 Å². The van der Waals surface area contributed by atoms with Crippen molar-refractivity contribution in [2.45, 2.75) is 6.92 Å². The van der Waals surface area contributed by atoms with Gasteiger partial charge in [0.2, 0.25) is 0 Å². The Morgan fingerprint density at radius 3 is 2.47 bits per heavy atom. The zero-order valence-corrected chi connectivity index (χ0v) is 10.3. The number of esters is 1. The molecular formula is C12H13FO3S. The summed E-state index contributed by atoms with van der Waals surface area (Å²) in [4.78, 5) is 22.6. The van der Waals surface area contributed by atoms with Crippen LogP contribution >= 0.6 is 11.8 Å². The van der Waals surface area contributed by atoms with Crippen molar-refractivity contribution in [1.82, 2.24) is 0 Å². The highest BCUT2D eigenvalue weighted by molar-refractivity contribution is 8.00. The van der Waals surface area contributed by atoms with Gasteiger partial charge in [-0.25, -0.2) is 4.39 Å². The zero-order valence-electron chi connectivity index (χ0n) is 9.44. The van der Waals surface area contributed by atoms with Gasteiger partial charge < -0.3 is 4.74 Å². The maximum Gasteiger partial charge on any atom is 0.315 e. The maximum absolute atomic E-state index is 12.6. The predicted octanol–water partition coefficient (Wildman–Crippen LogP) is 2.30. The largest absolute Gasteiger partial charge is 0.465 e. The Labute approximate surface area is 103 Å². The zero-order chi connectivity index (χ0) is 12.7. The predicted molar refractivity (Wildman–Crippen MR) is 64.7 cm³/mol. The van der Waals surface area contributed by atoms with E-state index in [4.69, 9.17) is 4.74 Å². The topological polar surface area (TPSA) is 43.4 Å². The number of benzene rings is 1. The van der Waals surface area contributed by atoms with Crippen LogP contribution in [-0.2, 0) is 9.53 Å². The van der Waals surface area contributed by atoms with Crippen LogP contribution in [0.4, 0.5) is 4.39 Å². The second-order valence-corrected chi connectivity index (χ2v) is 4.21. The van der Waals surface area contributed by atoms with Crippen molar-refractivity contribution in [1.29, 1.82) is 0 Å². The molecule has 0 saturated heterocycles. The highest BCUT2D eigenvalue weighted by atomic mass is 32.2. The van der Waals surface area contributed by atoms with Crippen molar-refractivity contribution in [3.63, 3.8) is 0 Å². The van der Waals surface area contributed by atoms with Gasteiger partial charge in [0, 0.05) is 5.56 Å². The van der Waals surface area contributed by atoms with Crippen molar-refractivity contribution in [2.24, 2.45) is 0 Å². The lowest BCUT2D eigenvalue weighted by Crippen LogP contribution is -2.10. The van der Waals surface area contributed by atoms with Crippen molar-refractivity contribution < 1.29 is 18.7 Å². The fraction of sp³-hybridized carbons (Fsp3) is 0.333. The van der Waals surface area contributed by atoms with Gasteiger partial charge in [0.25, 0.3) is 0 Å². The number of hydrogen-bond donors (Lipinski definition) is 0. The molecule has 0 aromatic heterocycles. The second-order valence-electron chi connectivity index (χ2n) is 3.23. The molecule has 92 valence electrons. The summed E-state index contributed by atoms with van der Waals surface area (Å²) in [7, 11) is 0. The van der Waals surface area contributed by atoms with Gasteiger partial charge in [0.15, 0.2) is 5.78 Å². The molecule has 0 aliphatic heterocycles. The average Bonchev–Trinajstić information content (AvgIpc) is 2.30. The van der Waals surface area contributed by atoms with E-state index in [2.05, 4.69) is 0 Å². The van der Waals surface area contributed by atoms with Gasteiger partial charge in [-0.3, -0.25) is 9.59 Å². The highest BCUT2D eigenvalue weighted by Crippen LogP contribution is 2.09. The first kappa shape index (κ1) is 13.7. The van der Waals surface area contributed by atoms with Crippen LogP contribution in [0.3, 0.4) is 0 Å². The van der Waals surface area contributed by atoms with Crippen LogP contribution in [-0.4, -0.2) is 29.9 Å². The number of carbonyl (C=O) groups excluding carboxylic acids is 2. The maximum atomic E-state index is 12.6. The van der Waals surface area contributed by atoms with E-state index in [0.717, 1.165) is 0 Å². The van der Waals surface area contributed by atoms with Crippen molar-refractivity contribution in [3.8, 4) is 0 Å². The van der Waals surface area contributed by atoms with E-state index in [-0.39, 0.29) is 29.1 Å². The molecule has 1 aromatic rings. The lowest BCUT2D eigenvalue weighted by atomic mass is 10.1. The molecule has 0 amide bonds. The fourth-order valence-electron chi connectivity index (χ4n) is 1.15. The van der Waals surface area contributed by atoms with E-state index in [1.54, 1.807) is 6.92 Å². The minimum atomic E-state index is -0.374. The third-order valence-corrected chi connectivity index (χ3v) is 2.83. The summed E-state index contributed by atoms with van der Waals surface area (Å²) in [5.41, 5.74) is 0.447. The van der Waals surface area contributed by atoms with Crippen LogP contribution in [0.1, 0.15) is 17.3 Å². The van der Waals surface area contributed by atoms with E-state index in [0.29, 0.717) is 12.2 Å². The van der Waals surface area contributed by atoms with Crippen LogP contribution in [0, 0.1) is 5.82 Å². The van der Waals surface area contributed by atoms with E-state index in [9.17, 15) is 14.0 Å². The molecule has 0 saturated carbocycles. The van der Waals surface area contributed by atoms with Crippen LogP contribution < -0.4 is 0 Å². The second kappa shape index (κ2) is 7.06. The number of ether oxygens (including phenoxy) is 1. The van der Waals surface area contributed by atoms with Gasteiger partial charge in [-0.05, 0) is 31.2 Å². The van der Waals surface area contributed by atoms with Gasteiger partial charge in [-0.2, -0.15) is 0 Å². The summed E-state index contributed by atoms with van der Waals surface area (Å²) in [5, 5.41) is 0. The van der Waals surface area contributed by atoms with Gasteiger partial charge in [0.05, 0.1) is 18.1 Å². The average molecular weight is 256 g/mol. The molecule has 0 N–H and O–H groups in total. The summed E-state index contributed by atoms with van der Waals surface area (Å²) < 4.78 is 17.3. The molecule has 0 unspecified atom stereocenters. The monoisotopic (exact) mass is 256 g/mol. The molecular weight excluding hydrogens is 243 g/mol.